The van der Waals surface area contributed by atoms with Gasteiger partial charge in [0.1, 0.15) is 0 Å². The maximum absolute atomic E-state index is 11.5. The zero-order valence-electron chi connectivity index (χ0n) is 9.41. The molecule has 1 rings (SSSR count). The lowest BCUT2D eigenvalue weighted by Crippen LogP contribution is -2.57. The third-order valence-electron chi connectivity index (χ3n) is 2.77. The molecule has 0 saturated heterocycles. The van der Waals surface area contributed by atoms with Crippen LogP contribution in [0.3, 0.4) is 0 Å². The van der Waals surface area contributed by atoms with Gasteiger partial charge in [-0.1, -0.05) is 0 Å². The predicted octanol–water partition coefficient (Wildman–Crippen LogP) is 1.05. The molecule has 0 aromatic carbocycles. The molecule has 3 N–H and O–H groups in total. The number of hydrogen-bond acceptors (Lipinski definition) is 3. The van der Waals surface area contributed by atoms with E-state index in [0.717, 1.165) is 25.0 Å². The standard InChI is InChI=1S/C10H18N2O3S/c1-16-6-5-11-9(15)12-10(3-2-4-10)7-8(13)14/h2-7H2,1H3,(H,13,14)(H2,11,12,15). The average molecular weight is 246 g/mol. The fourth-order valence-electron chi connectivity index (χ4n) is 1.79. The highest BCUT2D eigenvalue weighted by atomic mass is 32.2. The van der Waals surface area contributed by atoms with Crippen molar-refractivity contribution in [2.75, 3.05) is 18.6 Å². The van der Waals surface area contributed by atoms with E-state index < -0.39 is 11.5 Å². The fourth-order valence-corrected chi connectivity index (χ4v) is 2.10. The van der Waals surface area contributed by atoms with Crippen LogP contribution in [0.1, 0.15) is 25.7 Å². The van der Waals surface area contributed by atoms with Gasteiger partial charge in [-0.25, -0.2) is 4.79 Å². The minimum absolute atomic E-state index is 0.0168. The second-order valence-corrected chi connectivity index (χ2v) is 5.06. The first-order valence-electron chi connectivity index (χ1n) is 5.35. The van der Waals surface area contributed by atoms with Gasteiger partial charge in [-0.05, 0) is 25.5 Å². The minimum atomic E-state index is -0.857. The summed E-state index contributed by atoms with van der Waals surface area (Å²) >= 11 is 1.66. The SMILES string of the molecule is CSCCNC(=O)NC1(CC(=O)O)CCC1. The summed E-state index contributed by atoms with van der Waals surface area (Å²) < 4.78 is 0. The van der Waals surface area contributed by atoms with Crippen molar-refractivity contribution in [3.8, 4) is 0 Å². The molecule has 0 aromatic rings. The molecule has 1 saturated carbocycles. The van der Waals surface area contributed by atoms with E-state index in [4.69, 9.17) is 5.11 Å². The Bertz CT molecular complexity index is 267. The lowest BCUT2D eigenvalue weighted by Gasteiger charge is -2.41. The molecule has 92 valence electrons. The summed E-state index contributed by atoms with van der Waals surface area (Å²) in [5.74, 6) is 0.00316. The number of carbonyl (C=O) groups is 2. The van der Waals surface area contributed by atoms with Crippen molar-refractivity contribution in [1.29, 1.82) is 0 Å². The second-order valence-electron chi connectivity index (χ2n) is 4.08. The Morgan fingerprint density at radius 3 is 2.56 bits per heavy atom. The van der Waals surface area contributed by atoms with E-state index in [0.29, 0.717) is 6.54 Å². The summed E-state index contributed by atoms with van der Waals surface area (Å²) in [6.45, 7) is 0.607. The number of carboxylic acid groups (broad SMARTS) is 1. The maximum Gasteiger partial charge on any atom is 0.315 e. The first-order valence-corrected chi connectivity index (χ1v) is 6.74. The van der Waals surface area contributed by atoms with E-state index in [9.17, 15) is 9.59 Å². The lowest BCUT2D eigenvalue weighted by molar-refractivity contribution is -0.139. The van der Waals surface area contributed by atoms with Gasteiger partial charge >= 0.3 is 12.0 Å². The van der Waals surface area contributed by atoms with Gasteiger partial charge in [0.25, 0.3) is 0 Å². The molecule has 0 heterocycles. The Morgan fingerprint density at radius 2 is 2.12 bits per heavy atom. The van der Waals surface area contributed by atoms with Gasteiger partial charge < -0.3 is 15.7 Å². The van der Waals surface area contributed by atoms with E-state index >= 15 is 0 Å². The highest BCUT2D eigenvalue weighted by molar-refractivity contribution is 7.98. The van der Waals surface area contributed by atoms with Crippen LogP contribution in [0.4, 0.5) is 4.79 Å². The van der Waals surface area contributed by atoms with Gasteiger partial charge in [-0.3, -0.25) is 4.79 Å². The van der Waals surface area contributed by atoms with Crippen molar-refractivity contribution in [3.05, 3.63) is 0 Å². The summed E-state index contributed by atoms with van der Waals surface area (Å²) in [5, 5.41) is 14.3. The van der Waals surface area contributed by atoms with Gasteiger partial charge in [0.05, 0.1) is 12.0 Å². The van der Waals surface area contributed by atoms with Crippen LogP contribution in [-0.2, 0) is 4.79 Å². The van der Waals surface area contributed by atoms with Gasteiger partial charge in [0.2, 0.25) is 0 Å². The molecule has 0 spiro atoms. The molecule has 0 bridgehead atoms. The number of rotatable bonds is 6. The monoisotopic (exact) mass is 246 g/mol. The summed E-state index contributed by atoms with van der Waals surface area (Å²) in [6.07, 6.45) is 4.49. The van der Waals surface area contributed by atoms with Crippen LogP contribution in [0.2, 0.25) is 0 Å². The van der Waals surface area contributed by atoms with Crippen molar-refractivity contribution >= 4 is 23.8 Å². The Morgan fingerprint density at radius 1 is 1.44 bits per heavy atom. The van der Waals surface area contributed by atoms with Crippen LogP contribution in [0.25, 0.3) is 0 Å². The molecule has 0 aliphatic heterocycles. The van der Waals surface area contributed by atoms with E-state index in [-0.39, 0.29) is 12.5 Å². The topological polar surface area (TPSA) is 78.4 Å². The van der Waals surface area contributed by atoms with Crippen LogP contribution in [0.5, 0.6) is 0 Å². The van der Waals surface area contributed by atoms with E-state index in [1.165, 1.54) is 0 Å². The van der Waals surface area contributed by atoms with Gasteiger partial charge in [0.15, 0.2) is 0 Å². The molecule has 5 nitrogen and oxygen atoms in total. The Hall–Kier alpha value is -0.910. The van der Waals surface area contributed by atoms with Crippen LogP contribution in [0.15, 0.2) is 0 Å². The predicted molar refractivity (Wildman–Crippen MR) is 63.8 cm³/mol. The van der Waals surface area contributed by atoms with Crippen molar-refractivity contribution in [1.82, 2.24) is 10.6 Å². The molecule has 0 radical (unpaired) electrons. The van der Waals surface area contributed by atoms with Crippen LogP contribution in [-0.4, -0.2) is 41.2 Å². The number of aliphatic carboxylic acids is 1. The molecule has 0 unspecified atom stereocenters. The number of amides is 2. The largest absolute Gasteiger partial charge is 0.481 e. The highest BCUT2D eigenvalue weighted by Gasteiger charge is 2.40. The molecule has 0 atom stereocenters. The van der Waals surface area contributed by atoms with Crippen molar-refractivity contribution in [3.63, 3.8) is 0 Å². The van der Waals surface area contributed by atoms with Gasteiger partial charge in [0, 0.05) is 12.3 Å². The lowest BCUT2D eigenvalue weighted by atomic mass is 9.74. The van der Waals surface area contributed by atoms with E-state index in [2.05, 4.69) is 10.6 Å². The number of thioether (sulfide) groups is 1. The number of carbonyl (C=O) groups excluding carboxylic acids is 1. The summed E-state index contributed by atoms with van der Waals surface area (Å²) in [5.41, 5.74) is -0.505. The van der Waals surface area contributed by atoms with Gasteiger partial charge in [-0.2, -0.15) is 11.8 Å². The van der Waals surface area contributed by atoms with Crippen molar-refractivity contribution in [2.24, 2.45) is 0 Å². The third kappa shape index (κ3) is 3.92. The number of hydrogen-bond donors (Lipinski definition) is 3. The van der Waals surface area contributed by atoms with Gasteiger partial charge in [-0.15, -0.1) is 0 Å². The Balaban J connectivity index is 2.32. The zero-order valence-corrected chi connectivity index (χ0v) is 10.2. The van der Waals surface area contributed by atoms with E-state index in [1.807, 2.05) is 6.26 Å². The summed E-state index contributed by atoms with van der Waals surface area (Å²) in [4.78, 5) is 22.2. The van der Waals surface area contributed by atoms with Crippen molar-refractivity contribution in [2.45, 2.75) is 31.2 Å². The van der Waals surface area contributed by atoms with Crippen LogP contribution in [0, 0.1) is 0 Å². The summed E-state index contributed by atoms with van der Waals surface area (Å²) in [6, 6.07) is -0.255. The average Bonchev–Trinajstić information content (AvgIpc) is 2.14. The zero-order chi connectivity index (χ0) is 12.0. The first-order chi connectivity index (χ1) is 7.58. The van der Waals surface area contributed by atoms with E-state index in [1.54, 1.807) is 11.8 Å². The fraction of sp³-hybridized carbons (Fsp3) is 0.800. The molecule has 1 fully saturated rings. The number of nitrogens with one attached hydrogen (secondary N) is 2. The second kappa shape index (κ2) is 5.98. The molecule has 16 heavy (non-hydrogen) atoms. The summed E-state index contributed by atoms with van der Waals surface area (Å²) in [7, 11) is 0. The third-order valence-corrected chi connectivity index (χ3v) is 3.38. The molecule has 1 aliphatic carbocycles. The quantitative estimate of drug-likeness (QED) is 0.612. The minimum Gasteiger partial charge on any atom is -0.481 e. The number of urea groups is 1. The highest BCUT2D eigenvalue weighted by Crippen LogP contribution is 2.34. The number of carboxylic acids is 1. The Kier molecular flexibility index (Phi) is 4.92. The molecule has 0 aromatic heterocycles. The first kappa shape index (κ1) is 13.2. The molecule has 2 amide bonds. The molecular formula is C10H18N2O3S. The maximum atomic E-state index is 11.5. The Labute approximate surface area is 99.4 Å². The normalized spacial score (nSPS) is 17.3. The van der Waals surface area contributed by atoms with Crippen molar-refractivity contribution < 1.29 is 14.7 Å². The molecular weight excluding hydrogens is 228 g/mol. The molecule has 1 aliphatic rings. The smallest absolute Gasteiger partial charge is 0.315 e. The van der Waals surface area contributed by atoms with Crippen LogP contribution >= 0.6 is 11.8 Å². The van der Waals surface area contributed by atoms with Crippen LogP contribution < -0.4 is 10.6 Å². The molecule has 6 heteroatoms.